The lowest BCUT2D eigenvalue weighted by atomic mass is 9.85. The molecule has 0 fully saturated rings. The summed E-state index contributed by atoms with van der Waals surface area (Å²) < 4.78 is 1.82. The van der Waals surface area contributed by atoms with Gasteiger partial charge in [0.05, 0.1) is 11.9 Å². The molecule has 6 heteroatoms. The maximum atomic E-state index is 13.1. The second-order valence-electron chi connectivity index (χ2n) is 7.23. The molecule has 152 valence electrons. The molecular formula is C24H24N4O2. The van der Waals surface area contributed by atoms with Crippen LogP contribution >= 0.6 is 0 Å². The van der Waals surface area contributed by atoms with Crippen LogP contribution in [-0.4, -0.2) is 35.2 Å². The minimum absolute atomic E-state index is 0.0418. The lowest BCUT2D eigenvalue weighted by molar-refractivity contribution is -0.119. The quantitative estimate of drug-likeness (QED) is 0.610. The molecule has 3 aromatic rings. The number of nitrogens with zero attached hydrogens (tertiary/aromatic N) is 4. The summed E-state index contributed by atoms with van der Waals surface area (Å²) in [5.74, 6) is 0.446. The molecule has 0 bridgehead atoms. The molecule has 30 heavy (non-hydrogen) atoms. The molecule has 4 rings (SSSR count). The predicted molar refractivity (Wildman–Crippen MR) is 118 cm³/mol. The number of likely N-dealkylation sites (N-methyl/N-ethyl adjacent to an activating group) is 1. The summed E-state index contributed by atoms with van der Waals surface area (Å²) in [6.07, 6.45) is 3.46. The second-order valence-corrected chi connectivity index (χ2v) is 7.23. The van der Waals surface area contributed by atoms with Gasteiger partial charge in [-0.3, -0.25) is 14.5 Å². The maximum Gasteiger partial charge on any atom is 0.250 e. The Balaban J connectivity index is 1.88. The first-order valence-electron chi connectivity index (χ1n) is 9.99. The Morgan fingerprint density at radius 3 is 2.57 bits per heavy atom. The van der Waals surface area contributed by atoms with E-state index < -0.39 is 0 Å². The van der Waals surface area contributed by atoms with Gasteiger partial charge in [0.2, 0.25) is 11.8 Å². The fourth-order valence-electron chi connectivity index (χ4n) is 4.09. The SMILES string of the molecule is C=CC(=O)N(C)c1ccccc1[C@@H]1CC(=O)N(CC)c2c1cnn2-c1ccccc1. The van der Waals surface area contributed by atoms with Crippen LogP contribution in [0.1, 0.15) is 30.4 Å². The van der Waals surface area contributed by atoms with E-state index in [4.69, 9.17) is 0 Å². The Morgan fingerprint density at radius 1 is 1.17 bits per heavy atom. The summed E-state index contributed by atoms with van der Waals surface area (Å²) in [4.78, 5) is 28.7. The summed E-state index contributed by atoms with van der Waals surface area (Å²) in [6.45, 7) is 6.12. The van der Waals surface area contributed by atoms with Crippen molar-refractivity contribution in [3.63, 3.8) is 0 Å². The monoisotopic (exact) mass is 400 g/mol. The third-order valence-electron chi connectivity index (χ3n) is 5.58. The third kappa shape index (κ3) is 3.20. The van der Waals surface area contributed by atoms with Crippen molar-refractivity contribution in [2.45, 2.75) is 19.3 Å². The first-order valence-corrected chi connectivity index (χ1v) is 9.99. The van der Waals surface area contributed by atoms with E-state index in [0.29, 0.717) is 13.0 Å². The van der Waals surface area contributed by atoms with Crippen LogP contribution in [0.2, 0.25) is 0 Å². The molecule has 0 radical (unpaired) electrons. The highest BCUT2D eigenvalue weighted by Crippen LogP contribution is 2.43. The van der Waals surface area contributed by atoms with Crippen molar-refractivity contribution >= 4 is 23.3 Å². The minimum atomic E-state index is -0.194. The molecule has 0 spiro atoms. The number of rotatable bonds is 5. The Kier molecular flexibility index (Phi) is 5.23. The molecule has 1 aromatic heterocycles. The number of benzene rings is 2. The van der Waals surface area contributed by atoms with Gasteiger partial charge in [0.1, 0.15) is 5.82 Å². The normalized spacial score (nSPS) is 15.6. The van der Waals surface area contributed by atoms with Crippen LogP contribution in [0.15, 0.2) is 73.4 Å². The highest BCUT2D eigenvalue weighted by molar-refractivity contribution is 6.02. The molecule has 0 saturated carbocycles. The number of para-hydroxylation sites is 2. The number of amides is 2. The Hall–Kier alpha value is -3.67. The van der Waals surface area contributed by atoms with Gasteiger partial charge in [0, 0.05) is 37.2 Å². The summed E-state index contributed by atoms with van der Waals surface area (Å²) in [7, 11) is 1.72. The number of hydrogen-bond donors (Lipinski definition) is 0. The zero-order valence-corrected chi connectivity index (χ0v) is 17.2. The lowest BCUT2D eigenvalue weighted by Crippen LogP contribution is -2.38. The molecule has 2 heterocycles. The molecule has 1 aliphatic heterocycles. The van der Waals surface area contributed by atoms with Gasteiger partial charge in [0.25, 0.3) is 0 Å². The van der Waals surface area contributed by atoms with Crippen LogP contribution < -0.4 is 9.80 Å². The second kappa shape index (κ2) is 7.99. The summed E-state index contributed by atoms with van der Waals surface area (Å²) in [5.41, 5.74) is 3.57. The van der Waals surface area contributed by atoms with Gasteiger partial charge in [0.15, 0.2) is 0 Å². The highest BCUT2D eigenvalue weighted by atomic mass is 16.2. The fraction of sp³-hybridized carbons (Fsp3) is 0.208. The largest absolute Gasteiger partial charge is 0.312 e. The van der Waals surface area contributed by atoms with Crippen molar-refractivity contribution in [2.75, 3.05) is 23.4 Å². The van der Waals surface area contributed by atoms with Crippen LogP contribution in [0, 0.1) is 0 Å². The van der Waals surface area contributed by atoms with E-state index in [9.17, 15) is 9.59 Å². The van der Waals surface area contributed by atoms with Gasteiger partial charge in [-0.05, 0) is 36.8 Å². The van der Waals surface area contributed by atoms with Gasteiger partial charge < -0.3 is 4.90 Å². The van der Waals surface area contributed by atoms with E-state index in [0.717, 1.165) is 28.3 Å². The molecule has 6 nitrogen and oxygen atoms in total. The van der Waals surface area contributed by atoms with E-state index in [1.807, 2.05) is 72.4 Å². The molecule has 0 aliphatic carbocycles. The average molecular weight is 400 g/mol. The van der Waals surface area contributed by atoms with Gasteiger partial charge >= 0.3 is 0 Å². The van der Waals surface area contributed by atoms with E-state index in [-0.39, 0.29) is 17.7 Å². The van der Waals surface area contributed by atoms with Crippen molar-refractivity contribution in [2.24, 2.45) is 0 Å². The number of carbonyl (C=O) groups is 2. The molecule has 0 saturated heterocycles. The van der Waals surface area contributed by atoms with Gasteiger partial charge in [-0.25, -0.2) is 4.68 Å². The Bertz CT molecular complexity index is 1100. The van der Waals surface area contributed by atoms with E-state index in [1.165, 1.54) is 6.08 Å². The van der Waals surface area contributed by atoms with Crippen LogP contribution in [0.5, 0.6) is 0 Å². The van der Waals surface area contributed by atoms with Crippen LogP contribution in [0.3, 0.4) is 0 Å². The lowest BCUT2D eigenvalue weighted by Gasteiger charge is -2.33. The van der Waals surface area contributed by atoms with Gasteiger partial charge in [-0.2, -0.15) is 5.10 Å². The number of fused-ring (bicyclic) bond motifs is 1. The molecule has 2 aromatic carbocycles. The Morgan fingerprint density at radius 2 is 1.87 bits per heavy atom. The van der Waals surface area contributed by atoms with E-state index >= 15 is 0 Å². The molecule has 1 aliphatic rings. The first-order chi connectivity index (χ1) is 14.6. The average Bonchev–Trinajstić information content (AvgIpc) is 3.23. The third-order valence-corrected chi connectivity index (χ3v) is 5.58. The molecule has 1 atom stereocenters. The van der Waals surface area contributed by atoms with Crippen LogP contribution in [0.4, 0.5) is 11.5 Å². The van der Waals surface area contributed by atoms with E-state index in [1.54, 1.807) is 16.8 Å². The maximum absolute atomic E-state index is 13.1. The van der Waals surface area contributed by atoms with Crippen molar-refractivity contribution < 1.29 is 9.59 Å². The Labute approximate surface area is 176 Å². The summed E-state index contributed by atoms with van der Waals surface area (Å²) >= 11 is 0. The predicted octanol–water partition coefficient (Wildman–Crippen LogP) is 3.91. The first kappa shape index (κ1) is 19.6. The van der Waals surface area contributed by atoms with Crippen LogP contribution in [-0.2, 0) is 9.59 Å². The fourth-order valence-corrected chi connectivity index (χ4v) is 4.09. The highest BCUT2D eigenvalue weighted by Gasteiger charge is 2.36. The van der Waals surface area contributed by atoms with Gasteiger partial charge in [-0.15, -0.1) is 0 Å². The zero-order valence-electron chi connectivity index (χ0n) is 17.2. The molecular weight excluding hydrogens is 376 g/mol. The molecule has 0 N–H and O–H groups in total. The topological polar surface area (TPSA) is 58.4 Å². The number of hydrogen-bond acceptors (Lipinski definition) is 3. The van der Waals surface area contributed by atoms with Crippen molar-refractivity contribution in [1.82, 2.24) is 9.78 Å². The standard InChI is InChI=1S/C24H24N4O2/c1-4-22(29)26(3)21-14-10-9-13-18(21)19-15-23(30)27(5-2)24-20(19)16-25-28(24)17-11-7-6-8-12-17/h4,6-14,16,19H,1,5,15H2,2-3H3/t19-/m0/s1. The van der Waals surface area contributed by atoms with E-state index in [2.05, 4.69) is 11.7 Å². The van der Waals surface area contributed by atoms with Crippen molar-refractivity contribution in [3.8, 4) is 5.69 Å². The summed E-state index contributed by atoms with van der Waals surface area (Å²) in [6, 6.07) is 17.5. The zero-order chi connectivity index (χ0) is 21.3. The van der Waals surface area contributed by atoms with Gasteiger partial charge in [-0.1, -0.05) is 43.0 Å². The summed E-state index contributed by atoms with van der Waals surface area (Å²) in [5, 5.41) is 4.63. The minimum Gasteiger partial charge on any atom is -0.312 e. The molecule has 2 amide bonds. The van der Waals surface area contributed by atoms with Crippen LogP contribution in [0.25, 0.3) is 5.69 Å². The number of anilines is 2. The smallest absolute Gasteiger partial charge is 0.250 e. The number of aromatic nitrogens is 2. The molecule has 0 unspecified atom stereocenters. The van der Waals surface area contributed by atoms with Crippen molar-refractivity contribution in [3.05, 3.63) is 84.6 Å². The van der Waals surface area contributed by atoms with Crippen molar-refractivity contribution in [1.29, 1.82) is 0 Å². The number of carbonyl (C=O) groups excluding carboxylic acids is 2.